The van der Waals surface area contributed by atoms with Crippen molar-refractivity contribution in [1.29, 1.82) is 0 Å². The van der Waals surface area contributed by atoms with Crippen LogP contribution in [-0.2, 0) is 11.3 Å². The van der Waals surface area contributed by atoms with Crippen molar-refractivity contribution >= 4 is 5.97 Å². The van der Waals surface area contributed by atoms with E-state index in [9.17, 15) is 4.79 Å². The molecule has 0 saturated carbocycles. The van der Waals surface area contributed by atoms with Crippen molar-refractivity contribution in [1.82, 2.24) is 15.0 Å². The number of hydrogen-bond donors (Lipinski definition) is 1. The SMILES string of the molecule is Cc1noc(CN2CC(C)C(C(=O)O)C2)n1. The molecule has 1 aromatic rings. The normalized spacial score (nSPS) is 26.1. The van der Waals surface area contributed by atoms with Gasteiger partial charge in [-0.2, -0.15) is 4.98 Å². The Morgan fingerprint density at radius 2 is 2.38 bits per heavy atom. The van der Waals surface area contributed by atoms with Gasteiger partial charge in [0.05, 0.1) is 12.5 Å². The summed E-state index contributed by atoms with van der Waals surface area (Å²) in [5.74, 6) is 0.315. The third-order valence-electron chi connectivity index (χ3n) is 2.93. The van der Waals surface area contributed by atoms with Gasteiger partial charge in [0.25, 0.3) is 0 Å². The van der Waals surface area contributed by atoms with Crippen LogP contribution in [0.15, 0.2) is 4.52 Å². The van der Waals surface area contributed by atoms with Gasteiger partial charge in [-0.1, -0.05) is 12.1 Å². The Kier molecular flexibility index (Phi) is 2.91. The minimum atomic E-state index is -0.725. The van der Waals surface area contributed by atoms with Gasteiger partial charge in [-0.25, -0.2) is 0 Å². The molecule has 6 nitrogen and oxygen atoms in total. The quantitative estimate of drug-likeness (QED) is 0.808. The molecule has 1 N–H and O–H groups in total. The zero-order valence-electron chi connectivity index (χ0n) is 9.38. The van der Waals surface area contributed by atoms with Crippen LogP contribution < -0.4 is 0 Å². The van der Waals surface area contributed by atoms with Crippen LogP contribution >= 0.6 is 0 Å². The van der Waals surface area contributed by atoms with Crippen LogP contribution in [0.3, 0.4) is 0 Å². The molecule has 0 bridgehead atoms. The predicted molar refractivity (Wildman–Crippen MR) is 54.6 cm³/mol. The fourth-order valence-corrected chi connectivity index (χ4v) is 2.11. The first kappa shape index (κ1) is 11.1. The molecule has 0 radical (unpaired) electrons. The molecule has 1 aromatic heterocycles. The minimum Gasteiger partial charge on any atom is -0.481 e. The number of hydrogen-bond acceptors (Lipinski definition) is 5. The van der Waals surface area contributed by atoms with Crippen molar-refractivity contribution in [3.8, 4) is 0 Å². The second-order valence-corrected chi connectivity index (χ2v) is 4.35. The molecule has 16 heavy (non-hydrogen) atoms. The maximum atomic E-state index is 10.9. The molecule has 1 fully saturated rings. The number of aliphatic carboxylic acids is 1. The number of carboxylic acids is 1. The van der Waals surface area contributed by atoms with E-state index in [1.165, 1.54) is 0 Å². The zero-order valence-corrected chi connectivity index (χ0v) is 9.38. The van der Waals surface area contributed by atoms with Gasteiger partial charge in [-0.05, 0) is 12.8 Å². The second-order valence-electron chi connectivity index (χ2n) is 4.35. The molecular formula is C10H15N3O3. The summed E-state index contributed by atoms with van der Waals surface area (Å²) >= 11 is 0. The van der Waals surface area contributed by atoms with Crippen LogP contribution in [-0.4, -0.2) is 39.2 Å². The van der Waals surface area contributed by atoms with Crippen LogP contribution in [0.2, 0.25) is 0 Å². The Balaban J connectivity index is 1.96. The van der Waals surface area contributed by atoms with E-state index in [0.29, 0.717) is 24.8 Å². The van der Waals surface area contributed by atoms with Crippen molar-refractivity contribution in [3.63, 3.8) is 0 Å². The molecule has 0 amide bonds. The standard InChI is InChI=1S/C10H15N3O3/c1-6-3-13(4-8(6)10(14)15)5-9-11-7(2)12-16-9/h6,8H,3-5H2,1-2H3,(H,14,15). The number of aryl methyl sites for hydroxylation is 1. The van der Waals surface area contributed by atoms with Gasteiger partial charge in [0.1, 0.15) is 0 Å². The Labute approximate surface area is 93.2 Å². The van der Waals surface area contributed by atoms with Gasteiger partial charge in [0.2, 0.25) is 5.89 Å². The molecule has 2 atom stereocenters. The van der Waals surface area contributed by atoms with Gasteiger partial charge in [-0.3, -0.25) is 9.69 Å². The summed E-state index contributed by atoms with van der Waals surface area (Å²) in [6.07, 6.45) is 0. The number of likely N-dealkylation sites (tertiary alicyclic amines) is 1. The molecule has 1 aliphatic rings. The fourth-order valence-electron chi connectivity index (χ4n) is 2.11. The third-order valence-corrected chi connectivity index (χ3v) is 2.93. The van der Waals surface area contributed by atoms with E-state index < -0.39 is 5.97 Å². The highest BCUT2D eigenvalue weighted by atomic mass is 16.5. The van der Waals surface area contributed by atoms with E-state index in [2.05, 4.69) is 10.1 Å². The van der Waals surface area contributed by atoms with Crippen molar-refractivity contribution < 1.29 is 14.4 Å². The van der Waals surface area contributed by atoms with Crippen LogP contribution in [0.5, 0.6) is 0 Å². The van der Waals surface area contributed by atoms with Gasteiger partial charge in [0, 0.05) is 13.1 Å². The van der Waals surface area contributed by atoms with Gasteiger partial charge >= 0.3 is 5.97 Å². The van der Waals surface area contributed by atoms with Crippen molar-refractivity contribution in [2.75, 3.05) is 13.1 Å². The van der Waals surface area contributed by atoms with Gasteiger partial charge in [-0.15, -0.1) is 0 Å². The molecule has 0 spiro atoms. The number of aromatic nitrogens is 2. The van der Waals surface area contributed by atoms with E-state index in [4.69, 9.17) is 9.63 Å². The Bertz CT molecular complexity index is 390. The zero-order chi connectivity index (χ0) is 11.7. The lowest BCUT2D eigenvalue weighted by Gasteiger charge is -2.11. The van der Waals surface area contributed by atoms with Crippen molar-refractivity contribution in [3.05, 3.63) is 11.7 Å². The average molecular weight is 225 g/mol. The molecular weight excluding hydrogens is 210 g/mol. The fraction of sp³-hybridized carbons (Fsp3) is 0.700. The van der Waals surface area contributed by atoms with E-state index in [0.717, 1.165) is 6.54 Å². The summed E-state index contributed by atoms with van der Waals surface area (Å²) in [4.78, 5) is 17.1. The number of rotatable bonds is 3. The summed E-state index contributed by atoms with van der Waals surface area (Å²) in [5, 5.41) is 12.7. The Morgan fingerprint density at radius 1 is 1.62 bits per heavy atom. The van der Waals surface area contributed by atoms with Crippen molar-refractivity contribution in [2.24, 2.45) is 11.8 Å². The highest BCUT2D eigenvalue weighted by Crippen LogP contribution is 2.24. The smallest absolute Gasteiger partial charge is 0.308 e. The first-order chi connectivity index (χ1) is 7.56. The molecule has 6 heteroatoms. The lowest BCUT2D eigenvalue weighted by Crippen LogP contribution is -2.23. The minimum absolute atomic E-state index is 0.168. The lowest BCUT2D eigenvalue weighted by molar-refractivity contribution is -0.142. The molecule has 1 aliphatic heterocycles. The average Bonchev–Trinajstić information content (AvgIpc) is 2.73. The van der Waals surface area contributed by atoms with E-state index >= 15 is 0 Å². The van der Waals surface area contributed by atoms with Crippen LogP contribution in [0, 0.1) is 18.8 Å². The molecule has 2 unspecified atom stereocenters. The number of carbonyl (C=O) groups is 1. The van der Waals surface area contributed by atoms with Crippen molar-refractivity contribution in [2.45, 2.75) is 20.4 Å². The van der Waals surface area contributed by atoms with Crippen LogP contribution in [0.25, 0.3) is 0 Å². The number of carboxylic acid groups (broad SMARTS) is 1. The topological polar surface area (TPSA) is 79.5 Å². The maximum absolute atomic E-state index is 10.9. The molecule has 2 rings (SSSR count). The molecule has 0 aromatic carbocycles. The lowest BCUT2D eigenvalue weighted by atomic mass is 9.99. The monoisotopic (exact) mass is 225 g/mol. The molecule has 0 aliphatic carbocycles. The van der Waals surface area contributed by atoms with Crippen LogP contribution in [0.1, 0.15) is 18.6 Å². The van der Waals surface area contributed by atoms with E-state index in [-0.39, 0.29) is 11.8 Å². The molecule has 2 heterocycles. The molecule has 88 valence electrons. The maximum Gasteiger partial charge on any atom is 0.308 e. The van der Waals surface area contributed by atoms with Crippen LogP contribution in [0.4, 0.5) is 0 Å². The summed E-state index contributed by atoms with van der Waals surface area (Å²) in [6, 6.07) is 0. The number of nitrogens with zero attached hydrogens (tertiary/aromatic N) is 3. The van der Waals surface area contributed by atoms with E-state index in [1.807, 2.05) is 11.8 Å². The summed E-state index contributed by atoms with van der Waals surface area (Å²) in [6.45, 7) is 5.57. The highest BCUT2D eigenvalue weighted by molar-refractivity contribution is 5.71. The Morgan fingerprint density at radius 3 is 2.88 bits per heavy atom. The van der Waals surface area contributed by atoms with Gasteiger partial charge < -0.3 is 9.63 Å². The predicted octanol–water partition coefficient (Wildman–Crippen LogP) is 0.531. The van der Waals surface area contributed by atoms with Gasteiger partial charge in [0.15, 0.2) is 5.82 Å². The first-order valence-electron chi connectivity index (χ1n) is 5.30. The third kappa shape index (κ3) is 2.21. The largest absolute Gasteiger partial charge is 0.481 e. The highest BCUT2D eigenvalue weighted by Gasteiger charge is 2.35. The Hall–Kier alpha value is -1.43. The summed E-state index contributed by atoms with van der Waals surface area (Å²) < 4.78 is 5.01. The summed E-state index contributed by atoms with van der Waals surface area (Å²) in [7, 11) is 0. The van der Waals surface area contributed by atoms with E-state index in [1.54, 1.807) is 6.92 Å². The first-order valence-corrected chi connectivity index (χ1v) is 5.30. The second kappa shape index (κ2) is 4.21. The molecule has 1 saturated heterocycles. The summed E-state index contributed by atoms with van der Waals surface area (Å²) in [5.41, 5.74) is 0.